The Hall–Kier alpha value is -1.01. The van der Waals surface area contributed by atoms with E-state index >= 15 is 0 Å². The molecule has 0 radical (unpaired) electrons. The van der Waals surface area contributed by atoms with Gasteiger partial charge in [0.2, 0.25) is 5.91 Å². The van der Waals surface area contributed by atoms with Crippen LogP contribution in [0.3, 0.4) is 0 Å². The zero-order valence-electron chi connectivity index (χ0n) is 11.0. The molecule has 0 aliphatic carbocycles. The van der Waals surface area contributed by atoms with Gasteiger partial charge < -0.3 is 10.1 Å². The molecule has 106 valence electrons. The number of thioether (sulfide) groups is 1. The van der Waals surface area contributed by atoms with Gasteiger partial charge in [0.1, 0.15) is 0 Å². The average molecular weight is 301 g/mol. The Balaban J connectivity index is 1.94. The first-order valence-corrected chi connectivity index (χ1v) is 8.08. The highest BCUT2D eigenvalue weighted by atomic mass is 32.2. The number of methoxy groups -OCH3 is 1. The summed E-state index contributed by atoms with van der Waals surface area (Å²) < 4.78 is 5.71. The van der Waals surface area contributed by atoms with Crippen LogP contribution in [0, 0.1) is 0 Å². The van der Waals surface area contributed by atoms with Crippen LogP contribution in [-0.2, 0) is 14.3 Å². The molecule has 1 heterocycles. The topological polar surface area (TPSA) is 55.4 Å². The van der Waals surface area contributed by atoms with Crippen LogP contribution in [0.4, 0.5) is 0 Å². The van der Waals surface area contributed by atoms with Crippen molar-refractivity contribution in [3.63, 3.8) is 0 Å². The highest BCUT2D eigenvalue weighted by Gasteiger charge is 2.03. The Labute approximate surface area is 121 Å². The van der Waals surface area contributed by atoms with Gasteiger partial charge in [-0.1, -0.05) is 12.5 Å². The predicted octanol–water partition coefficient (Wildman–Crippen LogP) is 2.69. The van der Waals surface area contributed by atoms with Crippen LogP contribution in [0.2, 0.25) is 0 Å². The summed E-state index contributed by atoms with van der Waals surface area (Å²) >= 11 is 3.20. The predicted molar refractivity (Wildman–Crippen MR) is 78.5 cm³/mol. The van der Waals surface area contributed by atoms with Crippen LogP contribution in [0.15, 0.2) is 21.7 Å². The summed E-state index contributed by atoms with van der Waals surface area (Å²) in [7, 11) is 1.40. The summed E-state index contributed by atoms with van der Waals surface area (Å²) in [5.41, 5.74) is 0. The number of hydrogen-bond acceptors (Lipinski definition) is 5. The van der Waals surface area contributed by atoms with Gasteiger partial charge in [0.05, 0.1) is 17.1 Å². The molecule has 6 heteroatoms. The molecule has 1 aromatic rings. The maximum Gasteiger partial charge on any atom is 0.305 e. The van der Waals surface area contributed by atoms with Crippen molar-refractivity contribution in [2.45, 2.75) is 29.9 Å². The van der Waals surface area contributed by atoms with Crippen molar-refractivity contribution in [3.8, 4) is 0 Å². The second kappa shape index (κ2) is 9.86. The van der Waals surface area contributed by atoms with Crippen LogP contribution in [0.1, 0.15) is 25.7 Å². The van der Waals surface area contributed by atoms with Gasteiger partial charge in [-0.05, 0) is 24.3 Å². The van der Waals surface area contributed by atoms with Gasteiger partial charge in [-0.25, -0.2) is 0 Å². The largest absolute Gasteiger partial charge is 0.469 e. The van der Waals surface area contributed by atoms with E-state index in [1.54, 1.807) is 23.1 Å². The Morgan fingerprint density at radius 2 is 2.21 bits per heavy atom. The Morgan fingerprint density at radius 1 is 1.37 bits per heavy atom. The number of rotatable bonds is 9. The number of hydrogen-bond donors (Lipinski definition) is 1. The molecule has 0 unspecified atom stereocenters. The Bertz CT molecular complexity index is 379. The SMILES string of the molecule is COC(=O)CCCCCNC(=O)CSc1cccs1. The van der Waals surface area contributed by atoms with E-state index in [4.69, 9.17) is 0 Å². The molecule has 0 aliphatic heterocycles. The quantitative estimate of drug-likeness (QED) is 0.433. The van der Waals surface area contributed by atoms with Gasteiger partial charge in [0.15, 0.2) is 0 Å². The molecule has 0 aliphatic rings. The first kappa shape index (κ1) is 16.0. The molecule has 0 atom stereocenters. The van der Waals surface area contributed by atoms with Crippen molar-refractivity contribution in [2.75, 3.05) is 19.4 Å². The van der Waals surface area contributed by atoms with E-state index in [9.17, 15) is 9.59 Å². The van der Waals surface area contributed by atoms with Gasteiger partial charge in [-0.15, -0.1) is 23.1 Å². The fourth-order valence-electron chi connectivity index (χ4n) is 1.43. The first-order chi connectivity index (χ1) is 9.22. The zero-order chi connectivity index (χ0) is 13.9. The van der Waals surface area contributed by atoms with Crippen molar-refractivity contribution in [2.24, 2.45) is 0 Å². The number of carbonyl (C=O) groups excluding carboxylic acids is 2. The zero-order valence-corrected chi connectivity index (χ0v) is 12.6. The lowest BCUT2D eigenvalue weighted by atomic mass is 10.2. The lowest BCUT2D eigenvalue weighted by Gasteiger charge is -2.04. The lowest BCUT2D eigenvalue weighted by Crippen LogP contribution is -2.26. The van der Waals surface area contributed by atoms with Crippen molar-refractivity contribution in [1.82, 2.24) is 5.32 Å². The van der Waals surface area contributed by atoms with Crippen LogP contribution in [0.5, 0.6) is 0 Å². The van der Waals surface area contributed by atoms with E-state index in [1.807, 2.05) is 17.5 Å². The molecule has 19 heavy (non-hydrogen) atoms. The molecule has 0 bridgehead atoms. The summed E-state index contributed by atoms with van der Waals surface area (Å²) in [6.07, 6.45) is 3.09. The van der Waals surface area contributed by atoms with E-state index < -0.39 is 0 Å². The third kappa shape index (κ3) is 7.89. The number of carbonyl (C=O) groups is 2. The molecular formula is C13H19NO3S2. The highest BCUT2D eigenvalue weighted by molar-refractivity contribution is 8.01. The highest BCUT2D eigenvalue weighted by Crippen LogP contribution is 2.22. The van der Waals surface area contributed by atoms with Gasteiger partial charge in [-0.2, -0.15) is 0 Å². The van der Waals surface area contributed by atoms with Crippen LogP contribution in [-0.4, -0.2) is 31.3 Å². The Kier molecular flexibility index (Phi) is 8.33. The number of ether oxygens (including phenoxy) is 1. The average Bonchev–Trinajstić information content (AvgIpc) is 2.93. The fraction of sp³-hybridized carbons (Fsp3) is 0.538. The lowest BCUT2D eigenvalue weighted by molar-refractivity contribution is -0.140. The van der Waals surface area contributed by atoms with E-state index in [0.717, 1.165) is 23.5 Å². The minimum atomic E-state index is -0.170. The van der Waals surface area contributed by atoms with E-state index in [0.29, 0.717) is 18.7 Å². The third-order valence-electron chi connectivity index (χ3n) is 2.45. The van der Waals surface area contributed by atoms with E-state index in [2.05, 4.69) is 10.1 Å². The molecule has 0 aromatic carbocycles. The van der Waals surface area contributed by atoms with Gasteiger partial charge in [0.25, 0.3) is 0 Å². The minimum absolute atomic E-state index is 0.0615. The third-order valence-corrected chi connectivity index (χ3v) is 4.58. The van der Waals surface area contributed by atoms with Gasteiger partial charge in [0, 0.05) is 13.0 Å². The fourth-order valence-corrected chi connectivity index (χ4v) is 3.05. The van der Waals surface area contributed by atoms with Crippen molar-refractivity contribution in [3.05, 3.63) is 17.5 Å². The molecule has 0 fully saturated rings. The molecule has 0 saturated heterocycles. The van der Waals surface area contributed by atoms with E-state index in [1.165, 1.54) is 7.11 Å². The van der Waals surface area contributed by atoms with Crippen molar-refractivity contribution < 1.29 is 14.3 Å². The van der Waals surface area contributed by atoms with Gasteiger partial charge in [-0.3, -0.25) is 9.59 Å². The van der Waals surface area contributed by atoms with Crippen LogP contribution in [0.25, 0.3) is 0 Å². The maximum absolute atomic E-state index is 11.5. The molecule has 4 nitrogen and oxygen atoms in total. The first-order valence-electron chi connectivity index (χ1n) is 6.22. The molecule has 0 saturated carbocycles. The molecule has 1 amide bonds. The number of amides is 1. The smallest absolute Gasteiger partial charge is 0.305 e. The van der Waals surface area contributed by atoms with Crippen LogP contribution < -0.4 is 5.32 Å². The second-order valence-electron chi connectivity index (χ2n) is 3.96. The van der Waals surface area contributed by atoms with Crippen molar-refractivity contribution in [1.29, 1.82) is 0 Å². The monoisotopic (exact) mass is 301 g/mol. The number of nitrogens with one attached hydrogen (secondary N) is 1. The second-order valence-corrected chi connectivity index (χ2v) is 6.18. The summed E-state index contributed by atoms with van der Waals surface area (Å²) in [5, 5.41) is 4.88. The summed E-state index contributed by atoms with van der Waals surface area (Å²) in [6.45, 7) is 0.672. The number of thiophene rings is 1. The maximum atomic E-state index is 11.5. The normalized spacial score (nSPS) is 10.2. The van der Waals surface area contributed by atoms with Crippen LogP contribution >= 0.6 is 23.1 Å². The minimum Gasteiger partial charge on any atom is -0.469 e. The van der Waals surface area contributed by atoms with E-state index in [-0.39, 0.29) is 11.9 Å². The molecule has 1 rings (SSSR count). The molecule has 0 spiro atoms. The molecular weight excluding hydrogens is 282 g/mol. The van der Waals surface area contributed by atoms with Crippen molar-refractivity contribution >= 4 is 35.0 Å². The summed E-state index contributed by atoms with van der Waals surface area (Å²) in [6, 6.07) is 3.99. The molecule has 1 N–H and O–H groups in total. The number of unbranched alkanes of at least 4 members (excludes halogenated alkanes) is 2. The number of esters is 1. The standard InChI is InChI=1S/C13H19NO3S2/c1-17-12(16)6-3-2-4-8-14-11(15)10-19-13-7-5-9-18-13/h5,7,9H,2-4,6,8,10H2,1H3,(H,14,15). The summed E-state index contributed by atoms with van der Waals surface area (Å²) in [5.74, 6) is 0.352. The molecule has 1 aromatic heterocycles. The Morgan fingerprint density at radius 3 is 2.89 bits per heavy atom. The van der Waals surface area contributed by atoms with Gasteiger partial charge >= 0.3 is 5.97 Å². The summed E-state index contributed by atoms with van der Waals surface area (Å²) in [4.78, 5) is 22.4.